The molecule has 0 saturated carbocycles. The molecule has 3 aromatic rings. The SMILES string of the molecule is CC(=C\c1c([O-])n(C)c(=O)n(-c2cc(C)c(C)c(C)c2C)c1=O)/C=C1\C(=O)N(C)C(=O)N(c2cc(C)c(C)c(C)c2C)C1=O. The van der Waals surface area contributed by atoms with E-state index in [9.17, 15) is 29.1 Å². The van der Waals surface area contributed by atoms with E-state index in [1.54, 1.807) is 12.1 Å². The molecule has 1 fully saturated rings. The molecule has 2 heterocycles. The van der Waals surface area contributed by atoms with Crippen LogP contribution in [-0.4, -0.2) is 38.9 Å². The van der Waals surface area contributed by atoms with Gasteiger partial charge in [0, 0.05) is 19.7 Å². The molecule has 10 heteroatoms. The maximum Gasteiger partial charge on any atom is 0.338 e. The first-order valence-electron chi connectivity index (χ1n) is 14.2. The van der Waals surface area contributed by atoms with Gasteiger partial charge in [0.15, 0.2) is 0 Å². The molecule has 1 saturated heterocycles. The Morgan fingerprint density at radius 2 is 1.20 bits per heavy atom. The Labute approximate surface area is 256 Å². The van der Waals surface area contributed by atoms with E-state index in [1.807, 2.05) is 55.4 Å². The van der Waals surface area contributed by atoms with Gasteiger partial charge in [-0.1, -0.05) is 0 Å². The zero-order chi connectivity index (χ0) is 33.1. The number of aryl methyl sites for hydroxylation is 2. The molecular formula is C34H37N4O6-. The molecule has 230 valence electrons. The van der Waals surface area contributed by atoms with Crippen molar-refractivity contribution in [3.63, 3.8) is 0 Å². The minimum Gasteiger partial charge on any atom is -0.859 e. The van der Waals surface area contributed by atoms with Crippen molar-refractivity contribution in [2.24, 2.45) is 7.05 Å². The summed E-state index contributed by atoms with van der Waals surface area (Å²) in [7, 11) is 2.57. The van der Waals surface area contributed by atoms with Crippen LogP contribution in [0.15, 0.2) is 38.9 Å². The Morgan fingerprint density at radius 3 is 1.75 bits per heavy atom. The van der Waals surface area contributed by atoms with Gasteiger partial charge in [-0.05, 0) is 143 Å². The standard InChI is InChI=1S/C34H38N4O6/c1-16(12-25-29(39)35(10)33(43)37(31(25)41)27-14-17(2)19(4)21(6)23(27)8)13-26-30(40)36(11)34(44)38(32(26)42)28-15-18(3)20(5)22(7)24(28)9/h12-15,39H,1-11H3/p-1/b16-12+,26-13+. The second-order valence-corrected chi connectivity index (χ2v) is 11.6. The average molecular weight is 598 g/mol. The molecular weight excluding hydrogens is 560 g/mol. The number of carbonyl (C=O) groups is 3. The van der Waals surface area contributed by atoms with Gasteiger partial charge in [0.2, 0.25) is 0 Å². The van der Waals surface area contributed by atoms with Gasteiger partial charge in [-0.3, -0.25) is 19.3 Å². The number of amides is 4. The van der Waals surface area contributed by atoms with E-state index in [0.29, 0.717) is 11.4 Å². The number of imide groups is 2. The average Bonchev–Trinajstić information content (AvgIpc) is 2.98. The third kappa shape index (κ3) is 4.90. The van der Waals surface area contributed by atoms with Crippen LogP contribution in [0.3, 0.4) is 0 Å². The molecule has 10 nitrogen and oxygen atoms in total. The topological polar surface area (TPSA) is 125 Å². The number of barbiturate groups is 1. The van der Waals surface area contributed by atoms with E-state index < -0.39 is 35.0 Å². The largest absolute Gasteiger partial charge is 0.859 e. The van der Waals surface area contributed by atoms with Crippen LogP contribution < -0.4 is 21.3 Å². The Hall–Kier alpha value is -4.99. The molecule has 1 aliphatic heterocycles. The second kappa shape index (κ2) is 11.3. The van der Waals surface area contributed by atoms with Crippen molar-refractivity contribution in [1.82, 2.24) is 14.0 Å². The Kier molecular flexibility index (Phi) is 8.17. The summed E-state index contributed by atoms with van der Waals surface area (Å²) in [6.45, 7) is 16.6. The molecule has 4 amide bonds. The molecule has 0 bridgehead atoms. The third-order valence-electron chi connectivity index (χ3n) is 9.03. The van der Waals surface area contributed by atoms with E-state index >= 15 is 0 Å². The van der Waals surface area contributed by atoms with Crippen LogP contribution in [0.5, 0.6) is 5.88 Å². The summed E-state index contributed by atoms with van der Waals surface area (Å²) in [6, 6.07) is 2.70. The fourth-order valence-electron chi connectivity index (χ4n) is 5.45. The van der Waals surface area contributed by atoms with Crippen molar-refractivity contribution >= 4 is 29.6 Å². The number of aromatic nitrogens is 2. The van der Waals surface area contributed by atoms with E-state index in [0.717, 1.165) is 63.4 Å². The van der Waals surface area contributed by atoms with Gasteiger partial charge in [0.05, 0.1) is 11.4 Å². The zero-order valence-corrected chi connectivity index (χ0v) is 27.0. The first-order valence-corrected chi connectivity index (χ1v) is 14.2. The summed E-state index contributed by atoms with van der Waals surface area (Å²) in [6.07, 6.45) is 2.51. The van der Waals surface area contributed by atoms with Crippen molar-refractivity contribution in [2.75, 3.05) is 11.9 Å². The lowest BCUT2D eigenvalue weighted by atomic mass is 9.96. The summed E-state index contributed by atoms with van der Waals surface area (Å²) in [4.78, 5) is 68.9. The van der Waals surface area contributed by atoms with Crippen LogP contribution in [0, 0.1) is 55.4 Å². The van der Waals surface area contributed by atoms with Crippen molar-refractivity contribution in [3.8, 4) is 11.6 Å². The van der Waals surface area contributed by atoms with Crippen LogP contribution in [0.4, 0.5) is 10.5 Å². The Balaban J connectivity index is 1.90. The maximum atomic E-state index is 13.7. The zero-order valence-electron chi connectivity index (χ0n) is 27.0. The number of hydrogen-bond donors (Lipinski definition) is 0. The van der Waals surface area contributed by atoms with Crippen LogP contribution in [0.25, 0.3) is 11.8 Å². The van der Waals surface area contributed by atoms with Crippen molar-refractivity contribution in [2.45, 2.75) is 62.3 Å². The number of urea groups is 1. The van der Waals surface area contributed by atoms with E-state index in [1.165, 1.54) is 33.2 Å². The molecule has 0 N–H and O–H groups in total. The summed E-state index contributed by atoms with van der Waals surface area (Å²) in [5, 5.41) is 13.2. The van der Waals surface area contributed by atoms with Crippen LogP contribution in [-0.2, 0) is 16.6 Å². The van der Waals surface area contributed by atoms with Gasteiger partial charge in [-0.15, -0.1) is 0 Å². The molecule has 4 rings (SSSR count). The van der Waals surface area contributed by atoms with Gasteiger partial charge in [0.1, 0.15) is 5.57 Å². The molecule has 0 unspecified atom stereocenters. The van der Waals surface area contributed by atoms with Gasteiger partial charge in [-0.25, -0.2) is 19.1 Å². The summed E-state index contributed by atoms with van der Waals surface area (Å²) in [5.74, 6) is -2.45. The number of likely N-dealkylation sites (N-methyl/N-ethyl adjacent to an activating group) is 1. The van der Waals surface area contributed by atoms with Crippen LogP contribution >= 0.6 is 0 Å². The molecule has 1 aliphatic rings. The van der Waals surface area contributed by atoms with Gasteiger partial charge >= 0.3 is 11.7 Å². The number of nitrogens with zero attached hydrogens (tertiary/aromatic N) is 4. The molecule has 44 heavy (non-hydrogen) atoms. The minimum absolute atomic E-state index is 0.227. The highest BCUT2D eigenvalue weighted by Crippen LogP contribution is 2.32. The molecule has 0 radical (unpaired) electrons. The van der Waals surface area contributed by atoms with Gasteiger partial charge < -0.3 is 9.67 Å². The van der Waals surface area contributed by atoms with E-state index in [2.05, 4.69) is 0 Å². The first kappa shape index (κ1) is 31.9. The molecule has 0 aliphatic carbocycles. The van der Waals surface area contributed by atoms with Crippen LogP contribution in [0.1, 0.15) is 57.0 Å². The number of hydrogen-bond acceptors (Lipinski definition) is 6. The normalized spacial score (nSPS) is 15.2. The number of allylic oxidation sites excluding steroid dienone is 2. The highest BCUT2D eigenvalue weighted by molar-refractivity contribution is 6.37. The van der Waals surface area contributed by atoms with Gasteiger partial charge in [-0.2, -0.15) is 0 Å². The molecule has 2 aromatic carbocycles. The number of carbonyl (C=O) groups excluding carboxylic acids is 3. The number of anilines is 1. The monoisotopic (exact) mass is 597 g/mol. The number of benzene rings is 2. The lowest BCUT2D eigenvalue weighted by Gasteiger charge is -2.33. The molecule has 0 spiro atoms. The fraction of sp³-hybridized carbons (Fsp3) is 0.324. The third-order valence-corrected chi connectivity index (χ3v) is 9.03. The minimum atomic E-state index is -0.821. The van der Waals surface area contributed by atoms with Crippen LogP contribution in [0.2, 0.25) is 0 Å². The molecule has 0 atom stereocenters. The second-order valence-electron chi connectivity index (χ2n) is 11.6. The maximum absolute atomic E-state index is 13.7. The quantitative estimate of drug-likeness (QED) is 0.330. The Morgan fingerprint density at radius 1 is 0.705 bits per heavy atom. The first-order chi connectivity index (χ1) is 20.4. The summed E-state index contributed by atoms with van der Waals surface area (Å²) < 4.78 is 1.83. The lowest BCUT2D eigenvalue weighted by Crippen LogP contribution is -2.55. The molecule has 1 aromatic heterocycles. The summed E-state index contributed by atoms with van der Waals surface area (Å²) in [5.41, 5.74) is 5.86. The highest BCUT2D eigenvalue weighted by atomic mass is 16.3. The predicted molar refractivity (Wildman–Crippen MR) is 168 cm³/mol. The fourth-order valence-corrected chi connectivity index (χ4v) is 5.45. The number of rotatable bonds is 4. The van der Waals surface area contributed by atoms with Crippen molar-refractivity contribution < 1.29 is 19.5 Å². The van der Waals surface area contributed by atoms with E-state index in [4.69, 9.17) is 0 Å². The lowest BCUT2D eigenvalue weighted by molar-refractivity contribution is -0.280. The smallest absolute Gasteiger partial charge is 0.338 e. The Bertz CT molecular complexity index is 1990. The highest BCUT2D eigenvalue weighted by Gasteiger charge is 2.41. The van der Waals surface area contributed by atoms with Crippen molar-refractivity contribution in [1.29, 1.82) is 0 Å². The summed E-state index contributed by atoms with van der Waals surface area (Å²) >= 11 is 0. The van der Waals surface area contributed by atoms with E-state index in [-0.39, 0.29) is 16.7 Å². The predicted octanol–water partition coefficient (Wildman–Crippen LogP) is 4.03. The van der Waals surface area contributed by atoms with Crippen molar-refractivity contribution in [3.05, 3.63) is 100 Å². The van der Waals surface area contributed by atoms with Gasteiger partial charge in [0.25, 0.3) is 17.4 Å².